The number of benzene rings is 2. The molecule has 0 radical (unpaired) electrons. The minimum absolute atomic E-state index is 0.0374. The number of nitrogens with zero attached hydrogens (tertiary/aromatic N) is 2. The van der Waals surface area contributed by atoms with Crippen LogP contribution in [0.2, 0.25) is 0 Å². The van der Waals surface area contributed by atoms with Crippen molar-refractivity contribution < 1.29 is 9.15 Å². The molecule has 5 heteroatoms. The van der Waals surface area contributed by atoms with Crippen LogP contribution in [-0.2, 0) is 0 Å². The summed E-state index contributed by atoms with van der Waals surface area (Å²) in [6.45, 7) is 6.87. The van der Waals surface area contributed by atoms with E-state index in [1.165, 1.54) is 6.33 Å². The SMILES string of the molecule is CC(C)(C)COc1ccc2oc3ccc(-c4cncnc4)cc3c(=O)c2c1. The van der Waals surface area contributed by atoms with Gasteiger partial charge < -0.3 is 9.15 Å². The third-order valence-corrected chi connectivity index (χ3v) is 4.21. The number of fused-ring (bicyclic) bond motifs is 2. The standard InChI is InChI=1S/C22H20N2O3/c1-22(2,3)12-26-16-5-7-20-18(9-16)21(25)17-8-14(4-6-19(17)27-20)15-10-23-13-24-11-15/h4-11,13H,12H2,1-3H3. The van der Waals surface area contributed by atoms with Crippen molar-refractivity contribution >= 4 is 21.9 Å². The predicted molar refractivity (Wildman–Crippen MR) is 106 cm³/mol. The summed E-state index contributed by atoms with van der Waals surface area (Å²) in [6, 6.07) is 10.9. The molecule has 0 N–H and O–H groups in total. The summed E-state index contributed by atoms with van der Waals surface area (Å²) in [5, 5.41) is 1.03. The normalized spacial score (nSPS) is 11.8. The number of ether oxygens (including phenoxy) is 1. The molecule has 0 amide bonds. The molecule has 4 aromatic rings. The van der Waals surface area contributed by atoms with Gasteiger partial charge in [0.2, 0.25) is 5.43 Å². The van der Waals surface area contributed by atoms with Gasteiger partial charge in [0.15, 0.2) is 0 Å². The maximum absolute atomic E-state index is 13.1. The lowest BCUT2D eigenvalue weighted by atomic mass is 9.99. The Balaban J connectivity index is 1.83. The van der Waals surface area contributed by atoms with Crippen molar-refractivity contribution in [1.29, 1.82) is 0 Å². The molecule has 0 spiro atoms. The van der Waals surface area contributed by atoms with E-state index in [0.717, 1.165) is 11.1 Å². The lowest BCUT2D eigenvalue weighted by Crippen LogP contribution is -2.17. The lowest BCUT2D eigenvalue weighted by molar-refractivity contribution is 0.198. The topological polar surface area (TPSA) is 65.2 Å². The Labute approximate surface area is 156 Å². The second-order valence-electron chi connectivity index (χ2n) is 7.78. The fourth-order valence-electron chi connectivity index (χ4n) is 2.85. The number of hydrogen-bond donors (Lipinski definition) is 0. The van der Waals surface area contributed by atoms with Crippen molar-refractivity contribution in [3.63, 3.8) is 0 Å². The van der Waals surface area contributed by atoms with Gasteiger partial charge in [0.05, 0.1) is 17.4 Å². The molecule has 0 saturated carbocycles. The van der Waals surface area contributed by atoms with Gasteiger partial charge >= 0.3 is 0 Å². The van der Waals surface area contributed by atoms with Gasteiger partial charge in [-0.1, -0.05) is 26.8 Å². The van der Waals surface area contributed by atoms with Crippen molar-refractivity contribution in [2.24, 2.45) is 5.41 Å². The first kappa shape index (κ1) is 17.2. The first-order chi connectivity index (χ1) is 12.9. The van der Waals surface area contributed by atoms with E-state index < -0.39 is 0 Å². The van der Waals surface area contributed by atoms with E-state index in [1.807, 2.05) is 24.3 Å². The van der Waals surface area contributed by atoms with Crippen molar-refractivity contribution in [3.05, 3.63) is 65.3 Å². The average molecular weight is 360 g/mol. The number of aromatic nitrogens is 2. The molecule has 4 rings (SSSR count). The van der Waals surface area contributed by atoms with E-state index >= 15 is 0 Å². The lowest BCUT2D eigenvalue weighted by Gasteiger charge is -2.18. The van der Waals surface area contributed by atoms with Crippen LogP contribution < -0.4 is 10.2 Å². The smallest absolute Gasteiger partial charge is 0.200 e. The first-order valence-corrected chi connectivity index (χ1v) is 8.79. The van der Waals surface area contributed by atoms with Crippen LogP contribution in [0.15, 0.2) is 64.3 Å². The van der Waals surface area contributed by atoms with Crippen LogP contribution in [0.5, 0.6) is 5.75 Å². The maximum atomic E-state index is 13.1. The largest absolute Gasteiger partial charge is 0.493 e. The third-order valence-electron chi connectivity index (χ3n) is 4.21. The van der Waals surface area contributed by atoms with Crippen molar-refractivity contribution in [3.8, 4) is 16.9 Å². The van der Waals surface area contributed by atoms with Crippen LogP contribution in [0.3, 0.4) is 0 Å². The molecule has 0 fully saturated rings. The molecule has 0 bridgehead atoms. The third kappa shape index (κ3) is 3.53. The molecule has 0 saturated heterocycles. The van der Waals surface area contributed by atoms with E-state index in [-0.39, 0.29) is 10.8 Å². The first-order valence-electron chi connectivity index (χ1n) is 8.79. The Morgan fingerprint density at radius 2 is 1.59 bits per heavy atom. The van der Waals surface area contributed by atoms with Crippen LogP contribution in [0, 0.1) is 5.41 Å². The number of hydrogen-bond acceptors (Lipinski definition) is 5. The number of rotatable bonds is 3. The highest BCUT2D eigenvalue weighted by molar-refractivity contribution is 5.92. The molecule has 0 aliphatic rings. The fourth-order valence-corrected chi connectivity index (χ4v) is 2.85. The monoisotopic (exact) mass is 360 g/mol. The Bertz CT molecular complexity index is 1180. The maximum Gasteiger partial charge on any atom is 0.200 e. The van der Waals surface area contributed by atoms with Crippen LogP contribution >= 0.6 is 0 Å². The molecular formula is C22H20N2O3. The van der Waals surface area contributed by atoms with E-state index in [9.17, 15) is 4.79 Å². The summed E-state index contributed by atoms with van der Waals surface area (Å²) < 4.78 is 11.8. The Hall–Kier alpha value is -3.21. The summed E-state index contributed by atoms with van der Waals surface area (Å²) in [4.78, 5) is 21.2. The second kappa shape index (κ2) is 6.50. The summed E-state index contributed by atoms with van der Waals surface area (Å²) in [5.74, 6) is 0.664. The zero-order valence-corrected chi connectivity index (χ0v) is 15.5. The van der Waals surface area contributed by atoms with Crippen LogP contribution in [0.1, 0.15) is 20.8 Å². The van der Waals surface area contributed by atoms with Crippen LogP contribution in [0.4, 0.5) is 0 Å². The zero-order chi connectivity index (χ0) is 19.0. The van der Waals surface area contributed by atoms with E-state index in [1.54, 1.807) is 24.5 Å². The highest BCUT2D eigenvalue weighted by Gasteiger charge is 2.13. The summed E-state index contributed by atoms with van der Waals surface area (Å²) in [5.41, 5.74) is 2.78. The van der Waals surface area contributed by atoms with Crippen molar-refractivity contribution in [2.75, 3.05) is 6.61 Å². The predicted octanol–water partition coefficient (Wildman–Crippen LogP) is 4.83. The highest BCUT2D eigenvalue weighted by atomic mass is 16.5. The van der Waals surface area contributed by atoms with Gasteiger partial charge in [-0.05, 0) is 41.3 Å². The van der Waals surface area contributed by atoms with Crippen molar-refractivity contribution in [1.82, 2.24) is 9.97 Å². The summed E-state index contributed by atoms with van der Waals surface area (Å²) >= 11 is 0. The highest BCUT2D eigenvalue weighted by Crippen LogP contribution is 2.27. The van der Waals surface area contributed by atoms with Crippen LogP contribution in [-0.4, -0.2) is 16.6 Å². The molecule has 0 unspecified atom stereocenters. The average Bonchev–Trinajstić information content (AvgIpc) is 2.67. The fraction of sp³-hybridized carbons (Fsp3) is 0.227. The minimum atomic E-state index is -0.0776. The van der Waals surface area contributed by atoms with E-state index in [2.05, 4.69) is 30.7 Å². The van der Waals surface area contributed by atoms with E-state index in [0.29, 0.717) is 34.3 Å². The van der Waals surface area contributed by atoms with E-state index in [4.69, 9.17) is 9.15 Å². The summed E-state index contributed by atoms with van der Waals surface area (Å²) in [6.07, 6.45) is 4.91. The molecule has 0 aliphatic carbocycles. The molecule has 2 aromatic heterocycles. The molecule has 2 aromatic carbocycles. The van der Waals surface area contributed by atoms with Gasteiger partial charge in [-0.3, -0.25) is 4.79 Å². The van der Waals surface area contributed by atoms with Gasteiger partial charge in [-0.2, -0.15) is 0 Å². The quantitative estimate of drug-likeness (QED) is 0.490. The Morgan fingerprint density at radius 3 is 2.30 bits per heavy atom. The Morgan fingerprint density at radius 1 is 0.926 bits per heavy atom. The molecule has 2 heterocycles. The zero-order valence-electron chi connectivity index (χ0n) is 15.5. The second-order valence-corrected chi connectivity index (χ2v) is 7.78. The summed E-state index contributed by atoms with van der Waals surface area (Å²) in [7, 11) is 0. The van der Waals surface area contributed by atoms with Crippen LogP contribution in [0.25, 0.3) is 33.1 Å². The minimum Gasteiger partial charge on any atom is -0.493 e. The molecule has 136 valence electrons. The van der Waals surface area contributed by atoms with Gasteiger partial charge in [-0.25, -0.2) is 9.97 Å². The molecular weight excluding hydrogens is 340 g/mol. The molecule has 27 heavy (non-hydrogen) atoms. The molecule has 5 nitrogen and oxygen atoms in total. The Kier molecular flexibility index (Phi) is 4.15. The van der Waals surface area contributed by atoms with Crippen molar-refractivity contribution in [2.45, 2.75) is 20.8 Å². The van der Waals surface area contributed by atoms with Gasteiger partial charge in [0.1, 0.15) is 23.2 Å². The molecule has 0 aliphatic heterocycles. The molecule has 0 atom stereocenters. The van der Waals surface area contributed by atoms with Gasteiger partial charge in [0, 0.05) is 18.0 Å². The van der Waals surface area contributed by atoms with Gasteiger partial charge in [0.25, 0.3) is 0 Å². The van der Waals surface area contributed by atoms with Gasteiger partial charge in [-0.15, -0.1) is 0 Å².